The molecule has 0 radical (unpaired) electrons. The highest BCUT2D eigenvalue weighted by Crippen LogP contribution is 2.19. The van der Waals surface area contributed by atoms with Crippen LogP contribution in [-0.2, 0) is 0 Å². The minimum absolute atomic E-state index is 0.135. The van der Waals surface area contributed by atoms with Gasteiger partial charge < -0.3 is 5.32 Å². The van der Waals surface area contributed by atoms with E-state index in [2.05, 4.69) is 15.3 Å². The number of rotatable bonds is 3. The quantitative estimate of drug-likeness (QED) is 0.853. The van der Waals surface area contributed by atoms with E-state index in [-0.39, 0.29) is 11.9 Å². The maximum atomic E-state index is 13.1. The predicted molar refractivity (Wildman–Crippen MR) is 59.3 cm³/mol. The first-order chi connectivity index (χ1) is 7.81. The Morgan fingerprint density at radius 3 is 2.81 bits per heavy atom. The van der Waals surface area contributed by atoms with Crippen LogP contribution in [0.4, 0.5) is 4.39 Å². The largest absolute Gasteiger partial charge is 0.308 e. The molecule has 3 nitrogen and oxygen atoms in total. The van der Waals surface area contributed by atoms with Gasteiger partial charge in [0.1, 0.15) is 5.82 Å². The zero-order chi connectivity index (χ0) is 11.4. The molecule has 16 heavy (non-hydrogen) atoms. The highest BCUT2D eigenvalue weighted by Gasteiger charge is 2.13. The Balaban J connectivity index is 2.37. The molecule has 1 atom stereocenters. The molecule has 0 aliphatic carbocycles. The fraction of sp³-hybridized carbons (Fsp3) is 0.167. The van der Waals surface area contributed by atoms with E-state index in [4.69, 9.17) is 0 Å². The zero-order valence-electron chi connectivity index (χ0n) is 8.89. The lowest BCUT2D eigenvalue weighted by atomic mass is 10.0. The van der Waals surface area contributed by atoms with Gasteiger partial charge in [-0.2, -0.15) is 0 Å². The van der Waals surface area contributed by atoms with Crippen molar-refractivity contribution in [3.05, 3.63) is 59.9 Å². The van der Waals surface area contributed by atoms with Gasteiger partial charge in [-0.3, -0.25) is 9.97 Å². The summed E-state index contributed by atoms with van der Waals surface area (Å²) in [5.74, 6) is -0.248. The minimum atomic E-state index is -0.248. The summed E-state index contributed by atoms with van der Waals surface area (Å²) in [7, 11) is 1.81. The highest BCUT2D eigenvalue weighted by atomic mass is 19.1. The first-order valence-electron chi connectivity index (χ1n) is 5.00. The van der Waals surface area contributed by atoms with Crippen LogP contribution in [0, 0.1) is 5.82 Å². The normalized spacial score (nSPS) is 12.4. The summed E-state index contributed by atoms with van der Waals surface area (Å²) in [5, 5.41) is 3.09. The molecule has 0 fully saturated rings. The molecule has 1 unspecified atom stereocenters. The number of nitrogens with zero attached hydrogens (tertiary/aromatic N) is 2. The molecule has 0 saturated heterocycles. The lowest BCUT2D eigenvalue weighted by Gasteiger charge is -2.15. The summed E-state index contributed by atoms with van der Waals surface area (Å²) >= 11 is 0. The number of hydrogen-bond donors (Lipinski definition) is 1. The van der Waals surface area contributed by atoms with Gasteiger partial charge in [0.25, 0.3) is 0 Å². The van der Waals surface area contributed by atoms with Crippen molar-refractivity contribution >= 4 is 0 Å². The van der Waals surface area contributed by atoms with Crippen molar-refractivity contribution in [1.82, 2.24) is 15.3 Å². The van der Waals surface area contributed by atoms with E-state index in [0.29, 0.717) is 0 Å². The number of benzene rings is 1. The van der Waals surface area contributed by atoms with Crippen molar-refractivity contribution in [1.29, 1.82) is 0 Å². The van der Waals surface area contributed by atoms with Crippen LogP contribution in [0.5, 0.6) is 0 Å². The molecule has 0 bridgehead atoms. The average molecular weight is 217 g/mol. The molecule has 2 aromatic rings. The Bertz CT molecular complexity index is 459. The third-order valence-electron chi connectivity index (χ3n) is 2.35. The first-order valence-corrected chi connectivity index (χ1v) is 5.00. The highest BCUT2D eigenvalue weighted by molar-refractivity contribution is 5.26. The smallest absolute Gasteiger partial charge is 0.123 e. The molecular weight excluding hydrogens is 205 g/mol. The Labute approximate surface area is 93.4 Å². The fourth-order valence-corrected chi connectivity index (χ4v) is 1.63. The summed E-state index contributed by atoms with van der Waals surface area (Å²) < 4.78 is 13.1. The van der Waals surface area contributed by atoms with Gasteiger partial charge in [-0.15, -0.1) is 0 Å². The van der Waals surface area contributed by atoms with Crippen LogP contribution in [0.2, 0.25) is 0 Å². The van der Waals surface area contributed by atoms with Crippen LogP contribution < -0.4 is 5.32 Å². The van der Waals surface area contributed by atoms with E-state index in [0.717, 1.165) is 11.3 Å². The van der Waals surface area contributed by atoms with Crippen molar-refractivity contribution in [3.63, 3.8) is 0 Å². The molecule has 0 aliphatic rings. The number of halogens is 1. The second-order valence-corrected chi connectivity index (χ2v) is 3.41. The van der Waals surface area contributed by atoms with E-state index in [1.807, 2.05) is 13.1 Å². The Hall–Kier alpha value is -1.81. The Morgan fingerprint density at radius 1 is 1.31 bits per heavy atom. The molecule has 0 aliphatic heterocycles. The lowest BCUT2D eigenvalue weighted by molar-refractivity contribution is 0.613. The van der Waals surface area contributed by atoms with E-state index >= 15 is 0 Å². The summed E-state index contributed by atoms with van der Waals surface area (Å²) in [6.45, 7) is 0. The minimum Gasteiger partial charge on any atom is -0.308 e. The van der Waals surface area contributed by atoms with Crippen LogP contribution in [0.15, 0.2) is 42.9 Å². The third kappa shape index (κ3) is 2.23. The molecule has 1 N–H and O–H groups in total. The van der Waals surface area contributed by atoms with Gasteiger partial charge >= 0.3 is 0 Å². The van der Waals surface area contributed by atoms with Crippen LogP contribution >= 0.6 is 0 Å². The van der Waals surface area contributed by atoms with Crippen LogP contribution in [0.25, 0.3) is 0 Å². The van der Waals surface area contributed by atoms with Crippen LogP contribution in [0.1, 0.15) is 17.3 Å². The number of aromatic nitrogens is 2. The monoisotopic (exact) mass is 217 g/mol. The molecule has 0 saturated carbocycles. The maximum Gasteiger partial charge on any atom is 0.123 e. The SMILES string of the molecule is CNC(c1cccc(F)c1)c1cnccn1. The van der Waals surface area contributed by atoms with Gasteiger partial charge in [0.05, 0.1) is 17.9 Å². The van der Waals surface area contributed by atoms with Crippen LogP contribution in [0.3, 0.4) is 0 Å². The zero-order valence-corrected chi connectivity index (χ0v) is 8.89. The van der Waals surface area contributed by atoms with Gasteiger partial charge in [-0.05, 0) is 24.7 Å². The van der Waals surface area contributed by atoms with E-state index < -0.39 is 0 Å². The summed E-state index contributed by atoms with van der Waals surface area (Å²) in [5.41, 5.74) is 1.61. The molecule has 2 rings (SSSR count). The summed E-state index contributed by atoms with van der Waals surface area (Å²) in [6.07, 6.45) is 4.91. The fourth-order valence-electron chi connectivity index (χ4n) is 1.63. The van der Waals surface area contributed by atoms with Gasteiger partial charge in [0.15, 0.2) is 0 Å². The van der Waals surface area contributed by atoms with Crippen molar-refractivity contribution in [2.45, 2.75) is 6.04 Å². The summed E-state index contributed by atoms with van der Waals surface area (Å²) in [4.78, 5) is 8.21. The molecule has 1 aromatic carbocycles. The molecule has 4 heteroatoms. The molecular formula is C12H12FN3. The molecule has 1 heterocycles. The summed E-state index contributed by atoms with van der Waals surface area (Å²) in [6, 6.07) is 6.33. The average Bonchev–Trinajstić information content (AvgIpc) is 2.31. The standard InChI is InChI=1S/C12H12FN3/c1-14-12(11-8-15-5-6-16-11)9-3-2-4-10(13)7-9/h2-8,12,14H,1H3. The first kappa shape index (κ1) is 10.7. The lowest BCUT2D eigenvalue weighted by Crippen LogP contribution is -2.19. The Morgan fingerprint density at radius 2 is 2.19 bits per heavy atom. The van der Waals surface area contributed by atoms with Crippen molar-refractivity contribution in [2.24, 2.45) is 0 Å². The van der Waals surface area contributed by atoms with Crippen molar-refractivity contribution < 1.29 is 4.39 Å². The van der Waals surface area contributed by atoms with E-state index in [1.54, 1.807) is 24.7 Å². The van der Waals surface area contributed by atoms with Crippen molar-refractivity contribution in [2.75, 3.05) is 7.05 Å². The van der Waals surface area contributed by atoms with Gasteiger partial charge in [-0.25, -0.2) is 4.39 Å². The maximum absolute atomic E-state index is 13.1. The number of nitrogens with one attached hydrogen (secondary N) is 1. The molecule has 1 aromatic heterocycles. The predicted octanol–water partition coefficient (Wildman–Crippen LogP) is 1.92. The second-order valence-electron chi connectivity index (χ2n) is 3.41. The number of hydrogen-bond acceptors (Lipinski definition) is 3. The van der Waals surface area contributed by atoms with Gasteiger partial charge in [0.2, 0.25) is 0 Å². The van der Waals surface area contributed by atoms with E-state index in [9.17, 15) is 4.39 Å². The van der Waals surface area contributed by atoms with E-state index in [1.165, 1.54) is 12.1 Å². The van der Waals surface area contributed by atoms with Gasteiger partial charge in [0, 0.05) is 12.4 Å². The molecule has 82 valence electrons. The van der Waals surface area contributed by atoms with Gasteiger partial charge in [-0.1, -0.05) is 12.1 Å². The molecule has 0 amide bonds. The third-order valence-corrected chi connectivity index (χ3v) is 2.35. The second kappa shape index (κ2) is 4.81. The topological polar surface area (TPSA) is 37.8 Å². The Kier molecular flexibility index (Phi) is 3.22. The van der Waals surface area contributed by atoms with Crippen molar-refractivity contribution in [3.8, 4) is 0 Å². The molecule has 0 spiro atoms. The van der Waals surface area contributed by atoms with Crippen LogP contribution in [-0.4, -0.2) is 17.0 Å².